The van der Waals surface area contributed by atoms with Crippen molar-refractivity contribution >= 4 is 11.6 Å². The Morgan fingerprint density at radius 1 is 1.33 bits per heavy atom. The zero-order chi connectivity index (χ0) is 13.0. The lowest BCUT2D eigenvalue weighted by Gasteiger charge is -2.12. The largest absolute Gasteiger partial charge is 0.325 e. The average Bonchev–Trinajstić information content (AvgIpc) is 2.86. The maximum Gasteiger partial charge on any atom is 0.238 e. The first-order valence-corrected chi connectivity index (χ1v) is 5.62. The minimum absolute atomic E-state index is 0.132. The second-order valence-corrected chi connectivity index (χ2v) is 3.92. The average molecular weight is 239 g/mol. The molecule has 0 spiro atoms. The molecular weight excluding hydrogens is 226 g/mol. The lowest BCUT2D eigenvalue weighted by molar-refractivity contribution is -0.115. The van der Waals surface area contributed by atoms with Crippen LogP contribution in [0.3, 0.4) is 0 Å². The Bertz CT molecular complexity index is 594. The van der Waals surface area contributed by atoms with Crippen LogP contribution in [-0.4, -0.2) is 10.5 Å². The fraction of sp³-hybridized carbons (Fsp3) is 0.143. The highest BCUT2D eigenvalue weighted by molar-refractivity contribution is 5.93. The van der Waals surface area contributed by atoms with Crippen LogP contribution in [0.15, 0.2) is 42.7 Å². The summed E-state index contributed by atoms with van der Waals surface area (Å²) in [6.07, 6.45) is 3.76. The van der Waals surface area contributed by atoms with E-state index < -0.39 is 0 Å². The van der Waals surface area contributed by atoms with Gasteiger partial charge in [0.15, 0.2) is 0 Å². The van der Waals surface area contributed by atoms with Crippen molar-refractivity contribution < 1.29 is 4.79 Å². The van der Waals surface area contributed by atoms with Gasteiger partial charge in [-0.3, -0.25) is 4.79 Å². The number of anilines is 1. The van der Waals surface area contributed by atoms with E-state index in [9.17, 15) is 4.79 Å². The van der Waals surface area contributed by atoms with Crippen LogP contribution in [0, 0.1) is 18.3 Å². The maximum absolute atomic E-state index is 11.4. The minimum atomic E-state index is -0.287. The molecule has 0 fully saturated rings. The van der Waals surface area contributed by atoms with Gasteiger partial charge in [0.2, 0.25) is 5.91 Å². The number of hydrogen-bond donors (Lipinski definition) is 1. The summed E-state index contributed by atoms with van der Waals surface area (Å²) in [5.41, 5.74) is 2.72. The zero-order valence-corrected chi connectivity index (χ0v) is 10.1. The van der Waals surface area contributed by atoms with Crippen molar-refractivity contribution in [1.29, 1.82) is 5.26 Å². The SMILES string of the molecule is Cc1c(NC(=O)CC#N)cccc1-n1cccc1. The van der Waals surface area contributed by atoms with Gasteiger partial charge in [-0.2, -0.15) is 5.26 Å². The van der Waals surface area contributed by atoms with Crippen LogP contribution in [0.1, 0.15) is 12.0 Å². The number of hydrogen-bond acceptors (Lipinski definition) is 2. The lowest BCUT2D eigenvalue weighted by atomic mass is 10.1. The number of benzene rings is 1. The number of nitriles is 1. The number of carbonyl (C=O) groups excluding carboxylic acids is 1. The summed E-state index contributed by atoms with van der Waals surface area (Å²) in [5.74, 6) is -0.287. The highest BCUT2D eigenvalue weighted by atomic mass is 16.1. The van der Waals surface area contributed by atoms with Gasteiger partial charge in [-0.25, -0.2) is 0 Å². The predicted molar refractivity (Wildman–Crippen MR) is 69.4 cm³/mol. The van der Waals surface area contributed by atoms with Crippen LogP contribution < -0.4 is 5.32 Å². The molecule has 4 nitrogen and oxygen atoms in total. The standard InChI is InChI=1S/C14H13N3O/c1-11-12(16-14(18)7-8-15)5-4-6-13(11)17-9-2-3-10-17/h2-6,9-10H,7H2,1H3,(H,16,18). The molecule has 4 heteroatoms. The first-order valence-electron chi connectivity index (χ1n) is 5.62. The molecular formula is C14H13N3O. The summed E-state index contributed by atoms with van der Waals surface area (Å²) in [4.78, 5) is 11.4. The van der Waals surface area contributed by atoms with Crippen molar-refractivity contribution in [2.75, 3.05) is 5.32 Å². The van der Waals surface area contributed by atoms with Gasteiger partial charge < -0.3 is 9.88 Å². The summed E-state index contributed by atoms with van der Waals surface area (Å²) < 4.78 is 1.98. The molecule has 1 heterocycles. The summed E-state index contributed by atoms with van der Waals surface area (Å²) in [6, 6.07) is 11.4. The first kappa shape index (κ1) is 11.9. The van der Waals surface area contributed by atoms with Crippen molar-refractivity contribution in [2.24, 2.45) is 0 Å². The van der Waals surface area contributed by atoms with Crippen LogP contribution in [0.2, 0.25) is 0 Å². The Labute approximate surface area is 105 Å². The normalized spacial score (nSPS) is 9.78. The van der Waals surface area contributed by atoms with Crippen molar-refractivity contribution in [3.63, 3.8) is 0 Å². The van der Waals surface area contributed by atoms with E-state index in [-0.39, 0.29) is 12.3 Å². The molecule has 1 aromatic heterocycles. The van der Waals surface area contributed by atoms with Crippen LogP contribution in [0.4, 0.5) is 5.69 Å². The third kappa shape index (κ3) is 2.41. The number of aromatic nitrogens is 1. The van der Waals surface area contributed by atoms with Crippen molar-refractivity contribution in [3.05, 3.63) is 48.3 Å². The smallest absolute Gasteiger partial charge is 0.238 e. The summed E-state index contributed by atoms with van der Waals surface area (Å²) in [6.45, 7) is 1.94. The third-order valence-electron chi connectivity index (χ3n) is 2.70. The Morgan fingerprint density at radius 2 is 2.06 bits per heavy atom. The maximum atomic E-state index is 11.4. The molecule has 0 saturated carbocycles. The fourth-order valence-corrected chi connectivity index (χ4v) is 1.80. The molecule has 0 aliphatic rings. The fourth-order valence-electron chi connectivity index (χ4n) is 1.80. The molecule has 2 aromatic rings. The minimum Gasteiger partial charge on any atom is -0.325 e. The first-order chi connectivity index (χ1) is 8.72. The number of nitrogens with one attached hydrogen (secondary N) is 1. The van der Waals surface area contributed by atoms with Gasteiger partial charge in [0, 0.05) is 23.8 Å². The Morgan fingerprint density at radius 3 is 2.72 bits per heavy atom. The number of carbonyl (C=O) groups is 1. The lowest BCUT2D eigenvalue weighted by Crippen LogP contribution is -2.12. The number of amides is 1. The van der Waals surface area contributed by atoms with Gasteiger partial charge in [-0.15, -0.1) is 0 Å². The van der Waals surface area contributed by atoms with E-state index in [1.54, 1.807) is 0 Å². The van der Waals surface area contributed by atoms with E-state index in [2.05, 4.69) is 5.32 Å². The van der Waals surface area contributed by atoms with E-state index in [0.717, 1.165) is 16.9 Å². The predicted octanol–water partition coefficient (Wildman–Crippen LogP) is 2.64. The van der Waals surface area contributed by atoms with Gasteiger partial charge in [0.25, 0.3) is 0 Å². The number of nitrogens with zero attached hydrogens (tertiary/aromatic N) is 2. The van der Waals surface area contributed by atoms with E-state index in [1.165, 1.54) is 0 Å². The molecule has 0 unspecified atom stereocenters. The van der Waals surface area contributed by atoms with E-state index >= 15 is 0 Å². The van der Waals surface area contributed by atoms with Gasteiger partial charge >= 0.3 is 0 Å². The molecule has 0 aliphatic carbocycles. The molecule has 90 valence electrons. The molecule has 1 aromatic carbocycles. The molecule has 1 N–H and O–H groups in total. The summed E-state index contributed by atoms with van der Waals surface area (Å²) >= 11 is 0. The van der Waals surface area contributed by atoms with Gasteiger partial charge in [-0.1, -0.05) is 6.07 Å². The second kappa shape index (κ2) is 5.19. The van der Waals surface area contributed by atoms with E-state index in [4.69, 9.17) is 5.26 Å². The van der Waals surface area contributed by atoms with Gasteiger partial charge in [-0.05, 0) is 36.8 Å². The van der Waals surface area contributed by atoms with E-state index in [0.29, 0.717) is 0 Å². The molecule has 1 amide bonds. The van der Waals surface area contributed by atoms with Crippen molar-refractivity contribution in [3.8, 4) is 11.8 Å². The van der Waals surface area contributed by atoms with Crippen LogP contribution in [-0.2, 0) is 4.79 Å². The van der Waals surface area contributed by atoms with Crippen LogP contribution >= 0.6 is 0 Å². The third-order valence-corrected chi connectivity index (χ3v) is 2.70. The quantitative estimate of drug-likeness (QED) is 0.895. The Kier molecular flexibility index (Phi) is 3.44. The molecule has 2 rings (SSSR count). The molecule has 0 aliphatic heterocycles. The van der Waals surface area contributed by atoms with Gasteiger partial charge in [0.1, 0.15) is 6.42 Å². The Hall–Kier alpha value is -2.54. The second-order valence-electron chi connectivity index (χ2n) is 3.92. The Balaban J connectivity index is 2.31. The highest BCUT2D eigenvalue weighted by Gasteiger charge is 2.07. The summed E-state index contributed by atoms with van der Waals surface area (Å²) in [5, 5.41) is 11.2. The van der Waals surface area contributed by atoms with Gasteiger partial charge in [0.05, 0.1) is 6.07 Å². The topological polar surface area (TPSA) is 57.8 Å². The van der Waals surface area contributed by atoms with Crippen molar-refractivity contribution in [1.82, 2.24) is 4.57 Å². The monoisotopic (exact) mass is 239 g/mol. The highest BCUT2D eigenvalue weighted by Crippen LogP contribution is 2.22. The molecule has 0 radical (unpaired) electrons. The molecule has 18 heavy (non-hydrogen) atoms. The molecule has 0 bridgehead atoms. The molecule has 0 saturated heterocycles. The van der Waals surface area contributed by atoms with Crippen LogP contribution in [0.25, 0.3) is 5.69 Å². The zero-order valence-electron chi connectivity index (χ0n) is 10.1. The van der Waals surface area contributed by atoms with E-state index in [1.807, 2.05) is 60.3 Å². The van der Waals surface area contributed by atoms with Crippen LogP contribution in [0.5, 0.6) is 0 Å². The summed E-state index contributed by atoms with van der Waals surface area (Å²) in [7, 11) is 0. The van der Waals surface area contributed by atoms with Crippen molar-refractivity contribution in [2.45, 2.75) is 13.3 Å². The molecule has 0 atom stereocenters. The number of rotatable bonds is 3.